The summed E-state index contributed by atoms with van der Waals surface area (Å²) in [6.45, 7) is 7.08. The van der Waals surface area contributed by atoms with Gasteiger partial charge in [0.1, 0.15) is 6.17 Å². The van der Waals surface area contributed by atoms with E-state index in [1.54, 1.807) is 0 Å². The van der Waals surface area contributed by atoms with Crippen molar-refractivity contribution in [2.75, 3.05) is 6.54 Å². The molecule has 0 amide bonds. The van der Waals surface area contributed by atoms with E-state index in [0.717, 1.165) is 12.8 Å². The minimum Gasteiger partial charge on any atom is -0.308 e. The molecule has 1 N–H and O–H groups in total. The molecule has 1 rings (SSSR count). The molecule has 2 unspecified atom stereocenters. The zero-order chi connectivity index (χ0) is 9.19. The molecule has 1 aliphatic heterocycles. The summed E-state index contributed by atoms with van der Waals surface area (Å²) < 4.78 is 13.0. The van der Waals surface area contributed by atoms with Gasteiger partial charge in [-0.1, -0.05) is 27.2 Å². The van der Waals surface area contributed by atoms with Gasteiger partial charge in [-0.3, -0.25) is 0 Å². The van der Waals surface area contributed by atoms with Gasteiger partial charge >= 0.3 is 0 Å². The molecule has 0 bridgehead atoms. The second-order valence-corrected chi connectivity index (χ2v) is 4.24. The van der Waals surface area contributed by atoms with Gasteiger partial charge < -0.3 is 5.32 Å². The fourth-order valence-electron chi connectivity index (χ4n) is 2.22. The monoisotopic (exact) mass is 173 g/mol. The molecule has 1 saturated heterocycles. The Balaban J connectivity index is 2.61. The van der Waals surface area contributed by atoms with E-state index in [1.165, 1.54) is 0 Å². The van der Waals surface area contributed by atoms with Crippen molar-refractivity contribution in [3.8, 4) is 0 Å². The molecule has 0 aromatic carbocycles. The predicted octanol–water partition coefficient (Wildman–Crippen LogP) is 2.51. The topological polar surface area (TPSA) is 12.0 Å². The summed E-state index contributed by atoms with van der Waals surface area (Å²) in [7, 11) is 0. The first-order valence-electron chi connectivity index (χ1n) is 5.00. The first kappa shape index (κ1) is 9.97. The molecule has 0 aliphatic carbocycles. The van der Waals surface area contributed by atoms with Crippen LogP contribution in [-0.4, -0.2) is 18.3 Å². The van der Waals surface area contributed by atoms with E-state index >= 15 is 0 Å². The molecule has 1 nitrogen and oxygen atoms in total. The average molecular weight is 173 g/mol. The highest BCUT2D eigenvalue weighted by Crippen LogP contribution is 2.33. The summed E-state index contributed by atoms with van der Waals surface area (Å²) in [6, 6.07) is 0. The van der Waals surface area contributed by atoms with Gasteiger partial charge in [-0.05, 0) is 18.8 Å². The summed E-state index contributed by atoms with van der Waals surface area (Å²) in [5.41, 5.74) is 0.0914. The van der Waals surface area contributed by atoms with E-state index in [4.69, 9.17) is 0 Å². The van der Waals surface area contributed by atoms with Crippen LogP contribution in [0.4, 0.5) is 4.39 Å². The van der Waals surface area contributed by atoms with Crippen molar-refractivity contribution in [2.45, 2.75) is 51.7 Å². The van der Waals surface area contributed by atoms with E-state index in [-0.39, 0.29) is 5.54 Å². The first-order chi connectivity index (χ1) is 5.60. The molecule has 0 radical (unpaired) electrons. The number of rotatable bonds is 3. The van der Waals surface area contributed by atoms with Gasteiger partial charge in [-0.15, -0.1) is 0 Å². The average Bonchev–Trinajstić information content (AvgIpc) is 2.34. The number of hydrogen-bond acceptors (Lipinski definition) is 1. The number of alkyl halides is 1. The summed E-state index contributed by atoms with van der Waals surface area (Å²) in [5, 5.41) is 3.35. The summed E-state index contributed by atoms with van der Waals surface area (Å²) >= 11 is 0. The third-order valence-electron chi connectivity index (χ3n) is 3.06. The first-order valence-corrected chi connectivity index (χ1v) is 5.00. The summed E-state index contributed by atoms with van der Waals surface area (Å²) in [4.78, 5) is 0. The van der Waals surface area contributed by atoms with Gasteiger partial charge in [-0.25, -0.2) is 4.39 Å². The van der Waals surface area contributed by atoms with Gasteiger partial charge in [-0.2, -0.15) is 0 Å². The Morgan fingerprint density at radius 2 is 2.25 bits per heavy atom. The Hall–Kier alpha value is -0.110. The highest BCUT2D eigenvalue weighted by molar-refractivity contribution is 4.98. The van der Waals surface area contributed by atoms with Crippen molar-refractivity contribution in [3.63, 3.8) is 0 Å². The molecule has 1 fully saturated rings. The van der Waals surface area contributed by atoms with Gasteiger partial charge in [0, 0.05) is 12.1 Å². The Labute approximate surface area is 74.7 Å². The lowest BCUT2D eigenvalue weighted by molar-refractivity contribution is 0.231. The Morgan fingerprint density at radius 3 is 2.58 bits per heavy atom. The van der Waals surface area contributed by atoms with Crippen molar-refractivity contribution in [3.05, 3.63) is 0 Å². The molecule has 72 valence electrons. The van der Waals surface area contributed by atoms with Crippen LogP contribution >= 0.6 is 0 Å². The van der Waals surface area contributed by atoms with Gasteiger partial charge in [0.05, 0.1) is 0 Å². The minimum atomic E-state index is -0.626. The van der Waals surface area contributed by atoms with Crippen LogP contribution < -0.4 is 5.32 Å². The molecule has 1 heterocycles. The van der Waals surface area contributed by atoms with Crippen LogP contribution in [0.15, 0.2) is 0 Å². The maximum Gasteiger partial charge on any atom is 0.114 e. The standard InChI is InChI=1S/C10H20FN/c1-4-5-10(8(2)3)6-9(11)7-12-10/h8-9,12H,4-7H2,1-3H3. The van der Waals surface area contributed by atoms with E-state index in [2.05, 4.69) is 26.1 Å². The normalized spacial score (nSPS) is 36.2. The molecule has 0 aromatic heterocycles. The number of nitrogens with one attached hydrogen (secondary N) is 1. The summed E-state index contributed by atoms with van der Waals surface area (Å²) in [6.07, 6.45) is 2.32. The maximum atomic E-state index is 13.0. The zero-order valence-electron chi connectivity index (χ0n) is 8.36. The van der Waals surface area contributed by atoms with E-state index in [0.29, 0.717) is 18.9 Å². The SMILES string of the molecule is CCCC1(C(C)C)CC(F)CN1. The smallest absolute Gasteiger partial charge is 0.114 e. The van der Waals surface area contributed by atoms with Gasteiger partial charge in [0.15, 0.2) is 0 Å². The fourth-order valence-corrected chi connectivity index (χ4v) is 2.22. The highest BCUT2D eigenvalue weighted by Gasteiger charge is 2.40. The third kappa shape index (κ3) is 1.79. The van der Waals surface area contributed by atoms with E-state index in [9.17, 15) is 4.39 Å². The minimum absolute atomic E-state index is 0.0914. The van der Waals surface area contributed by atoms with E-state index < -0.39 is 6.17 Å². The molecular formula is C10H20FN. The quantitative estimate of drug-likeness (QED) is 0.691. The van der Waals surface area contributed by atoms with Crippen LogP contribution in [0.25, 0.3) is 0 Å². The maximum absolute atomic E-state index is 13.0. The van der Waals surface area contributed by atoms with Crippen molar-refractivity contribution in [2.24, 2.45) is 5.92 Å². The molecule has 0 aromatic rings. The highest BCUT2D eigenvalue weighted by atomic mass is 19.1. The van der Waals surface area contributed by atoms with Crippen molar-refractivity contribution in [1.29, 1.82) is 0 Å². The lowest BCUT2D eigenvalue weighted by Gasteiger charge is -2.33. The molecule has 0 saturated carbocycles. The van der Waals surface area contributed by atoms with Crippen LogP contribution in [0.1, 0.15) is 40.0 Å². The van der Waals surface area contributed by atoms with Crippen LogP contribution in [0.3, 0.4) is 0 Å². The lowest BCUT2D eigenvalue weighted by Crippen LogP contribution is -2.44. The Morgan fingerprint density at radius 1 is 1.58 bits per heavy atom. The molecule has 1 aliphatic rings. The third-order valence-corrected chi connectivity index (χ3v) is 3.06. The fraction of sp³-hybridized carbons (Fsp3) is 1.00. The second kappa shape index (κ2) is 3.73. The second-order valence-electron chi connectivity index (χ2n) is 4.24. The van der Waals surface area contributed by atoms with Crippen LogP contribution in [0.2, 0.25) is 0 Å². The Bertz CT molecular complexity index is 143. The molecular weight excluding hydrogens is 153 g/mol. The van der Waals surface area contributed by atoms with Gasteiger partial charge in [0.2, 0.25) is 0 Å². The Kier molecular flexibility index (Phi) is 3.10. The number of halogens is 1. The van der Waals surface area contributed by atoms with Gasteiger partial charge in [0.25, 0.3) is 0 Å². The van der Waals surface area contributed by atoms with Crippen LogP contribution in [0, 0.1) is 5.92 Å². The zero-order valence-corrected chi connectivity index (χ0v) is 8.36. The largest absolute Gasteiger partial charge is 0.308 e. The number of hydrogen-bond donors (Lipinski definition) is 1. The predicted molar refractivity (Wildman–Crippen MR) is 50.0 cm³/mol. The molecule has 2 heteroatoms. The van der Waals surface area contributed by atoms with Crippen molar-refractivity contribution < 1.29 is 4.39 Å². The molecule has 12 heavy (non-hydrogen) atoms. The van der Waals surface area contributed by atoms with Crippen LogP contribution in [0.5, 0.6) is 0 Å². The molecule has 0 spiro atoms. The van der Waals surface area contributed by atoms with Crippen LogP contribution in [-0.2, 0) is 0 Å². The summed E-state index contributed by atoms with van der Waals surface area (Å²) in [5.74, 6) is 0.540. The van der Waals surface area contributed by atoms with Crippen molar-refractivity contribution in [1.82, 2.24) is 5.32 Å². The molecule has 2 atom stereocenters. The van der Waals surface area contributed by atoms with Crippen molar-refractivity contribution >= 4 is 0 Å². The van der Waals surface area contributed by atoms with E-state index in [1.807, 2.05) is 0 Å². The lowest BCUT2D eigenvalue weighted by atomic mass is 9.81.